The average Bonchev–Trinajstić information content (AvgIpc) is 2.90. The van der Waals surface area contributed by atoms with Crippen LogP contribution in [-0.2, 0) is 14.1 Å². The molecule has 3 rings (SSSR count). The molecule has 0 saturated carbocycles. The van der Waals surface area contributed by atoms with E-state index in [4.69, 9.17) is 0 Å². The number of allylic oxidation sites excluding steroid dienone is 1. The molecule has 2 aromatic rings. The highest BCUT2D eigenvalue weighted by Crippen LogP contribution is 2.19. The molecule has 5 heteroatoms. The Bertz CT molecular complexity index is 827. The Morgan fingerprint density at radius 1 is 1.30 bits per heavy atom. The number of rotatable bonds is 4. The van der Waals surface area contributed by atoms with Gasteiger partial charge in [-0.3, -0.25) is 9.59 Å². The number of fused-ring (bicyclic) bond motifs is 1. The highest BCUT2D eigenvalue weighted by atomic mass is 16.2. The van der Waals surface area contributed by atoms with Gasteiger partial charge in [0.05, 0.1) is 10.9 Å². The van der Waals surface area contributed by atoms with E-state index < -0.39 is 0 Å². The van der Waals surface area contributed by atoms with Crippen molar-refractivity contribution in [2.45, 2.75) is 32.1 Å². The topological polar surface area (TPSA) is 56.0 Å². The maximum atomic E-state index is 12.4. The second-order valence-electron chi connectivity index (χ2n) is 6.23. The molecule has 1 N–H and O–H groups in total. The van der Waals surface area contributed by atoms with Crippen molar-refractivity contribution in [2.75, 3.05) is 6.54 Å². The Morgan fingerprint density at radius 3 is 2.87 bits per heavy atom. The van der Waals surface area contributed by atoms with Crippen LogP contribution in [0.25, 0.3) is 10.9 Å². The molecule has 0 spiro atoms. The fraction of sp³-hybridized carbons (Fsp3) is 0.444. The number of hydrogen-bond donors (Lipinski definition) is 1. The summed E-state index contributed by atoms with van der Waals surface area (Å²) in [6.45, 7) is 0.643. The number of pyridine rings is 1. The number of nitrogens with zero attached hydrogens (tertiary/aromatic N) is 2. The molecular weight excluding hydrogens is 290 g/mol. The van der Waals surface area contributed by atoms with Crippen molar-refractivity contribution in [3.63, 3.8) is 0 Å². The van der Waals surface area contributed by atoms with E-state index in [-0.39, 0.29) is 11.5 Å². The van der Waals surface area contributed by atoms with E-state index in [1.807, 2.05) is 13.1 Å². The molecule has 1 aliphatic carbocycles. The van der Waals surface area contributed by atoms with Gasteiger partial charge in [0, 0.05) is 26.8 Å². The highest BCUT2D eigenvalue weighted by Gasteiger charge is 2.15. The van der Waals surface area contributed by atoms with Crippen molar-refractivity contribution in [1.82, 2.24) is 14.5 Å². The van der Waals surface area contributed by atoms with Crippen molar-refractivity contribution >= 4 is 16.8 Å². The molecule has 0 unspecified atom stereocenters. The predicted octanol–water partition coefficient (Wildman–Crippen LogP) is 2.50. The fourth-order valence-electron chi connectivity index (χ4n) is 3.21. The number of carbonyl (C=O) groups excluding carboxylic acids is 1. The molecule has 122 valence electrons. The van der Waals surface area contributed by atoms with E-state index in [1.54, 1.807) is 23.9 Å². The third-order valence-electron chi connectivity index (χ3n) is 4.64. The van der Waals surface area contributed by atoms with Crippen molar-refractivity contribution in [3.8, 4) is 0 Å². The summed E-state index contributed by atoms with van der Waals surface area (Å²) in [4.78, 5) is 24.6. The first kappa shape index (κ1) is 15.6. The lowest BCUT2D eigenvalue weighted by Gasteiger charge is -2.13. The van der Waals surface area contributed by atoms with Gasteiger partial charge in [-0.2, -0.15) is 0 Å². The maximum absolute atomic E-state index is 12.4. The van der Waals surface area contributed by atoms with Crippen LogP contribution in [0.5, 0.6) is 0 Å². The monoisotopic (exact) mass is 313 g/mol. The SMILES string of the molecule is Cn1ccc2c(cc(C(=O)NCCC3=CCCCC3)n2C)c1=O. The van der Waals surface area contributed by atoms with Crippen molar-refractivity contribution < 1.29 is 4.79 Å². The van der Waals surface area contributed by atoms with E-state index in [2.05, 4.69) is 11.4 Å². The number of hydrogen-bond acceptors (Lipinski definition) is 2. The van der Waals surface area contributed by atoms with Crippen LogP contribution in [0.4, 0.5) is 0 Å². The molecule has 0 aromatic carbocycles. The van der Waals surface area contributed by atoms with Gasteiger partial charge in [-0.05, 0) is 44.2 Å². The summed E-state index contributed by atoms with van der Waals surface area (Å²) in [5.41, 5.74) is 2.68. The second-order valence-corrected chi connectivity index (χ2v) is 6.23. The molecule has 0 fully saturated rings. The molecule has 0 radical (unpaired) electrons. The van der Waals surface area contributed by atoms with Crippen LogP contribution in [0.2, 0.25) is 0 Å². The summed E-state index contributed by atoms with van der Waals surface area (Å²) in [5.74, 6) is -0.123. The van der Waals surface area contributed by atoms with Gasteiger partial charge in [0.1, 0.15) is 5.69 Å². The minimum absolute atomic E-state index is 0.0792. The Hall–Kier alpha value is -2.30. The number of nitrogens with one attached hydrogen (secondary N) is 1. The summed E-state index contributed by atoms with van der Waals surface area (Å²) in [6, 6.07) is 3.55. The predicted molar refractivity (Wildman–Crippen MR) is 91.7 cm³/mol. The second kappa shape index (κ2) is 6.44. The number of carbonyl (C=O) groups is 1. The normalized spacial score (nSPS) is 14.8. The highest BCUT2D eigenvalue weighted by molar-refractivity contribution is 5.98. The first-order chi connectivity index (χ1) is 11.1. The number of amides is 1. The van der Waals surface area contributed by atoms with Gasteiger partial charge in [0.2, 0.25) is 0 Å². The number of aryl methyl sites for hydroxylation is 2. The standard InChI is InChI=1S/C18H23N3O2/c1-20-11-9-15-14(18(20)23)12-16(21(15)2)17(22)19-10-8-13-6-4-3-5-7-13/h6,9,11-12H,3-5,7-8,10H2,1-2H3,(H,19,22). The molecule has 0 atom stereocenters. The van der Waals surface area contributed by atoms with E-state index in [0.717, 1.165) is 24.8 Å². The molecule has 1 amide bonds. The molecule has 0 saturated heterocycles. The third kappa shape index (κ3) is 3.09. The van der Waals surface area contributed by atoms with E-state index in [9.17, 15) is 9.59 Å². The fourth-order valence-corrected chi connectivity index (χ4v) is 3.21. The Balaban J connectivity index is 1.73. The lowest BCUT2D eigenvalue weighted by molar-refractivity contribution is 0.0946. The van der Waals surface area contributed by atoms with Crippen LogP contribution < -0.4 is 10.9 Å². The van der Waals surface area contributed by atoms with Crippen molar-refractivity contribution in [3.05, 3.63) is 46.0 Å². The van der Waals surface area contributed by atoms with Crippen LogP contribution in [0.15, 0.2) is 34.8 Å². The summed E-state index contributed by atoms with van der Waals surface area (Å²) in [6.07, 6.45) is 9.79. The lowest BCUT2D eigenvalue weighted by Crippen LogP contribution is -2.26. The molecule has 1 aliphatic rings. The first-order valence-electron chi connectivity index (χ1n) is 8.19. The van der Waals surface area contributed by atoms with E-state index in [0.29, 0.717) is 17.6 Å². The molecule has 23 heavy (non-hydrogen) atoms. The first-order valence-corrected chi connectivity index (χ1v) is 8.19. The third-order valence-corrected chi connectivity index (χ3v) is 4.64. The van der Waals surface area contributed by atoms with Crippen LogP contribution in [0.1, 0.15) is 42.6 Å². The Kier molecular flexibility index (Phi) is 4.37. The minimum Gasteiger partial charge on any atom is -0.350 e. The Morgan fingerprint density at radius 2 is 2.13 bits per heavy atom. The van der Waals surface area contributed by atoms with E-state index in [1.165, 1.54) is 23.0 Å². The Labute approximate surface area is 135 Å². The van der Waals surface area contributed by atoms with Crippen LogP contribution in [0.3, 0.4) is 0 Å². The molecule has 2 aromatic heterocycles. The zero-order valence-electron chi connectivity index (χ0n) is 13.8. The molecule has 2 heterocycles. The van der Waals surface area contributed by atoms with Crippen LogP contribution in [0, 0.1) is 0 Å². The van der Waals surface area contributed by atoms with E-state index >= 15 is 0 Å². The lowest BCUT2D eigenvalue weighted by atomic mass is 9.97. The molecular formula is C18H23N3O2. The van der Waals surface area contributed by atoms with Crippen molar-refractivity contribution in [1.29, 1.82) is 0 Å². The largest absolute Gasteiger partial charge is 0.350 e. The maximum Gasteiger partial charge on any atom is 0.267 e. The van der Waals surface area contributed by atoms with Gasteiger partial charge in [0.15, 0.2) is 0 Å². The van der Waals surface area contributed by atoms with Gasteiger partial charge in [-0.1, -0.05) is 11.6 Å². The zero-order valence-corrected chi connectivity index (χ0v) is 13.8. The summed E-state index contributed by atoms with van der Waals surface area (Å²) < 4.78 is 3.31. The minimum atomic E-state index is -0.123. The van der Waals surface area contributed by atoms with Gasteiger partial charge < -0.3 is 14.5 Å². The van der Waals surface area contributed by atoms with Gasteiger partial charge in [-0.25, -0.2) is 0 Å². The van der Waals surface area contributed by atoms with Gasteiger partial charge in [0.25, 0.3) is 11.5 Å². The number of aromatic nitrogens is 2. The van der Waals surface area contributed by atoms with Crippen LogP contribution in [-0.4, -0.2) is 21.6 Å². The average molecular weight is 313 g/mol. The molecule has 5 nitrogen and oxygen atoms in total. The van der Waals surface area contributed by atoms with Crippen LogP contribution >= 0.6 is 0 Å². The summed E-state index contributed by atoms with van der Waals surface area (Å²) in [7, 11) is 3.53. The van der Waals surface area contributed by atoms with Gasteiger partial charge >= 0.3 is 0 Å². The summed E-state index contributed by atoms with van der Waals surface area (Å²) in [5, 5.41) is 3.55. The van der Waals surface area contributed by atoms with Gasteiger partial charge in [-0.15, -0.1) is 0 Å². The quantitative estimate of drug-likeness (QED) is 0.882. The zero-order chi connectivity index (χ0) is 16.4. The molecule has 0 aliphatic heterocycles. The molecule has 0 bridgehead atoms. The summed E-state index contributed by atoms with van der Waals surface area (Å²) >= 11 is 0. The van der Waals surface area contributed by atoms with Crippen molar-refractivity contribution in [2.24, 2.45) is 14.1 Å². The smallest absolute Gasteiger partial charge is 0.267 e.